The Bertz CT molecular complexity index is 1040. The summed E-state index contributed by atoms with van der Waals surface area (Å²) in [5, 5.41) is 16.0. The maximum atomic E-state index is 13.0. The fourth-order valence-corrected chi connectivity index (χ4v) is 5.87. The normalized spacial score (nSPS) is 30.8. The number of carbonyl (C=O) groups is 2. The van der Waals surface area contributed by atoms with Crippen LogP contribution in [0.1, 0.15) is 77.6 Å². The van der Waals surface area contributed by atoms with E-state index in [-0.39, 0.29) is 29.8 Å². The van der Waals surface area contributed by atoms with Gasteiger partial charge in [-0.25, -0.2) is 0 Å². The summed E-state index contributed by atoms with van der Waals surface area (Å²) in [6.07, 6.45) is 21.4. The Labute approximate surface area is 232 Å². The molecule has 0 saturated heterocycles. The number of carbonyl (C=O) groups excluding carboxylic acids is 2. The van der Waals surface area contributed by atoms with E-state index in [9.17, 15) is 14.7 Å². The highest BCUT2D eigenvalue weighted by atomic mass is 16.3. The van der Waals surface area contributed by atoms with Gasteiger partial charge < -0.3 is 15.7 Å². The van der Waals surface area contributed by atoms with Gasteiger partial charge >= 0.3 is 0 Å². The third-order valence-corrected chi connectivity index (χ3v) is 8.27. The van der Waals surface area contributed by atoms with Crippen LogP contribution in [0.3, 0.4) is 0 Å². The van der Waals surface area contributed by atoms with Crippen molar-refractivity contribution < 1.29 is 14.7 Å². The van der Waals surface area contributed by atoms with Gasteiger partial charge in [0.15, 0.2) is 0 Å². The minimum Gasteiger partial charge on any atom is -0.393 e. The molecule has 3 N–H and O–H groups in total. The smallest absolute Gasteiger partial charge is 0.231 e. The van der Waals surface area contributed by atoms with Crippen LogP contribution in [0.15, 0.2) is 51.2 Å². The Balaban J connectivity index is 1.34. The molecule has 39 heavy (non-hydrogen) atoms. The Morgan fingerprint density at radius 3 is 2.77 bits per heavy atom. The van der Waals surface area contributed by atoms with E-state index in [1.165, 1.54) is 6.42 Å². The number of aliphatic hydroxyl groups excluding tert-OH is 1. The monoisotopic (exact) mass is 535 g/mol. The third-order valence-electron chi connectivity index (χ3n) is 8.27. The summed E-state index contributed by atoms with van der Waals surface area (Å²) in [5.74, 6) is 0.359. The molecule has 2 amide bonds. The lowest BCUT2D eigenvalue weighted by atomic mass is 9.84. The number of rotatable bonds is 10. The molecule has 4 aliphatic rings. The molecular formula is C31H45N5O3. The van der Waals surface area contributed by atoms with Crippen molar-refractivity contribution in [3.8, 4) is 0 Å². The molecule has 212 valence electrons. The first-order valence-electron chi connectivity index (χ1n) is 14.9. The Morgan fingerprint density at radius 2 is 1.97 bits per heavy atom. The van der Waals surface area contributed by atoms with E-state index in [2.05, 4.69) is 34.7 Å². The summed E-state index contributed by atoms with van der Waals surface area (Å²) in [5.41, 5.74) is 2.62. The highest BCUT2D eigenvalue weighted by molar-refractivity contribution is 6.05. The lowest BCUT2D eigenvalue weighted by Gasteiger charge is -2.26. The largest absolute Gasteiger partial charge is 0.393 e. The van der Waals surface area contributed by atoms with Crippen molar-refractivity contribution in [2.45, 2.75) is 83.7 Å². The van der Waals surface area contributed by atoms with Crippen molar-refractivity contribution in [2.75, 3.05) is 19.6 Å². The SMILES string of the molecule is CC1CCC=CC1=NCCN=C1CCC(C(=O)NCCCC2CCCC(O)C2)C=C1NC(=O)C1C=CN=CC1. The summed E-state index contributed by atoms with van der Waals surface area (Å²) in [4.78, 5) is 39.6. The fourth-order valence-electron chi connectivity index (χ4n) is 5.87. The molecule has 1 saturated carbocycles. The number of nitrogens with zero attached hydrogens (tertiary/aromatic N) is 3. The van der Waals surface area contributed by atoms with Gasteiger partial charge in [0, 0.05) is 24.7 Å². The number of allylic oxidation sites excluding steroid dienone is 3. The molecule has 8 nitrogen and oxygen atoms in total. The van der Waals surface area contributed by atoms with Crippen LogP contribution >= 0.6 is 0 Å². The molecule has 0 radical (unpaired) electrons. The van der Waals surface area contributed by atoms with E-state index in [1.807, 2.05) is 6.08 Å². The highest BCUT2D eigenvalue weighted by Gasteiger charge is 2.27. The molecule has 0 bridgehead atoms. The van der Waals surface area contributed by atoms with Gasteiger partial charge in [-0.3, -0.25) is 24.6 Å². The van der Waals surface area contributed by atoms with Gasteiger partial charge in [-0.15, -0.1) is 0 Å². The van der Waals surface area contributed by atoms with E-state index in [4.69, 9.17) is 9.98 Å². The lowest BCUT2D eigenvalue weighted by Crippen LogP contribution is -2.38. The van der Waals surface area contributed by atoms with Crippen LogP contribution in [0.4, 0.5) is 0 Å². The number of amides is 2. The van der Waals surface area contributed by atoms with E-state index in [0.29, 0.717) is 56.4 Å². The summed E-state index contributed by atoms with van der Waals surface area (Å²) in [6.45, 7) is 4.01. The maximum absolute atomic E-state index is 13.0. The second-order valence-electron chi connectivity index (χ2n) is 11.4. The van der Waals surface area contributed by atoms with E-state index in [0.717, 1.165) is 56.4 Å². The second kappa shape index (κ2) is 15.1. The number of nitrogens with one attached hydrogen (secondary N) is 2. The Kier molecular flexibility index (Phi) is 11.2. The van der Waals surface area contributed by atoms with Gasteiger partial charge in [0.1, 0.15) is 0 Å². The molecule has 4 rings (SSSR count). The summed E-state index contributed by atoms with van der Waals surface area (Å²) in [7, 11) is 0. The molecule has 0 spiro atoms. The van der Waals surface area contributed by atoms with Gasteiger partial charge in [-0.1, -0.05) is 31.9 Å². The quantitative estimate of drug-likeness (QED) is 0.362. The van der Waals surface area contributed by atoms with Crippen LogP contribution in [0.5, 0.6) is 0 Å². The fraction of sp³-hybridized carbons (Fsp3) is 0.645. The molecular weight excluding hydrogens is 490 g/mol. The molecule has 1 aliphatic heterocycles. The predicted molar refractivity (Wildman–Crippen MR) is 157 cm³/mol. The van der Waals surface area contributed by atoms with Gasteiger partial charge in [0.05, 0.1) is 42.4 Å². The Hall–Kier alpha value is -2.87. The zero-order valence-corrected chi connectivity index (χ0v) is 23.4. The standard InChI is InChI=1S/C31H45N5O3/c1-22-6-2-3-10-27(22)33-18-19-34-28-12-11-25(21-29(28)36-31(39)24-13-16-32-17-14-24)30(38)35-15-5-8-23-7-4-9-26(37)20-23/h3,10,13,16-17,21-26,37H,2,4-9,11-12,14-15,18-20H2,1H3,(H,35,38)(H,36,39). The van der Waals surface area contributed by atoms with Crippen LogP contribution in [0.25, 0.3) is 0 Å². The van der Waals surface area contributed by atoms with Crippen molar-refractivity contribution in [3.63, 3.8) is 0 Å². The van der Waals surface area contributed by atoms with Crippen molar-refractivity contribution >= 4 is 29.5 Å². The van der Waals surface area contributed by atoms with Crippen molar-refractivity contribution in [1.82, 2.24) is 10.6 Å². The number of aliphatic hydroxyl groups is 1. The zero-order valence-electron chi connectivity index (χ0n) is 23.4. The van der Waals surface area contributed by atoms with Crippen LogP contribution < -0.4 is 10.6 Å². The van der Waals surface area contributed by atoms with Crippen LogP contribution in [0.2, 0.25) is 0 Å². The van der Waals surface area contributed by atoms with Gasteiger partial charge in [-0.2, -0.15) is 0 Å². The van der Waals surface area contributed by atoms with Gasteiger partial charge in [0.2, 0.25) is 11.8 Å². The Morgan fingerprint density at radius 1 is 1.10 bits per heavy atom. The van der Waals surface area contributed by atoms with Crippen molar-refractivity contribution in [1.29, 1.82) is 0 Å². The van der Waals surface area contributed by atoms with Gasteiger partial charge in [-0.05, 0) is 81.8 Å². The van der Waals surface area contributed by atoms with E-state index >= 15 is 0 Å². The highest BCUT2D eigenvalue weighted by Crippen LogP contribution is 2.27. The lowest BCUT2D eigenvalue weighted by molar-refractivity contribution is -0.124. The molecule has 0 aromatic heterocycles. The first kappa shape index (κ1) is 29.1. The minimum absolute atomic E-state index is 0.00125. The summed E-state index contributed by atoms with van der Waals surface area (Å²) in [6, 6.07) is 0. The average Bonchev–Trinajstić information content (AvgIpc) is 2.95. The molecule has 8 heteroatoms. The van der Waals surface area contributed by atoms with Crippen molar-refractivity contribution in [3.05, 3.63) is 36.2 Å². The van der Waals surface area contributed by atoms with Crippen LogP contribution in [0, 0.1) is 23.7 Å². The zero-order chi connectivity index (χ0) is 27.5. The summed E-state index contributed by atoms with van der Waals surface area (Å²) >= 11 is 0. The predicted octanol–water partition coefficient (Wildman–Crippen LogP) is 4.32. The number of aliphatic imine (C=N–C) groups is 3. The molecule has 5 unspecified atom stereocenters. The number of hydrogen-bond acceptors (Lipinski definition) is 6. The topological polar surface area (TPSA) is 116 Å². The molecule has 0 aromatic rings. The van der Waals surface area contributed by atoms with Crippen LogP contribution in [-0.2, 0) is 9.59 Å². The first-order chi connectivity index (χ1) is 19.0. The van der Waals surface area contributed by atoms with E-state index in [1.54, 1.807) is 18.5 Å². The van der Waals surface area contributed by atoms with Gasteiger partial charge in [0.25, 0.3) is 0 Å². The molecule has 0 aromatic carbocycles. The maximum Gasteiger partial charge on any atom is 0.231 e. The minimum atomic E-state index is -0.298. The third kappa shape index (κ3) is 9.09. The molecule has 1 heterocycles. The average molecular weight is 536 g/mol. The van der Waals surface area contributed by atoms with E-state index < -0.39 is 0 Å². The molecule has 3 aliphatic carbocycles. The molecule has 5 atom stereocenters. The first-order valence-corrected chi connectivity index (χ1v) is 14.9. The molecule has 1 fully saturated rings. The van der Waals surface area contributed by atoms with Crippen LogP contribution in [-0.4, -0.2) is 60.3 Å². The van der Waals surface area contributed by atoms with Crippen molar-refractivity contribution in [2.24, 2.45) is 38.6 Å². The second-order valence-corrected chi connectivity index (χ2v) is 11.4. The number of hydrogen-bond donors (Lipinski definition) is 3. The summed E-state index contributed by atoms with van der Waals surface area (Å²) < 4.78 is 0.